The van der Waals surface area contributed by atoms with E-state index in [1.54, 1.807) is 42.6 Å². The maximum atomic E-state index is 13.6. The molecule has 0 radical (unpaired) electrons. The summed E-state index contributed by atoms with van der Waals surface area (Å²) in [5, 5.41) is 6.61. The number of rotatable bonds is 2. The Morgan fingerprint density at radius 3 is 2.55 bits per heavy atom. The summed E-state index contributed by atoms with van der Waals surface area (Å²) < 4.78 is 52.2. The van der Waals surface area contributed by atoms with Crippen LogP contribution in [0.4, 0.5) is 28.6 Å². The zero-order valence-electron chi connectivity index (χ0n) is 18.2. The third-order valence-electron chi connectivity index (χ3n) is 5.23. The number of nitrogens with one attached hydrogen (secondary N) is 1. The molecule has 1 fully saturated rings. The van der Waals surface area contributed by atoms with Crippen LogP contribution < -0.4 is 5.32 Å². The van der Waals surface area contributed by atoms with Crippen molar-refractivity contribution in [3.63, 3.8) is 0 Å². The average Bonchev–Trinajstić information content (AvgIpc) is 3.21. The first kappa shape index (κ1) is 22.8. The molecule has 2 aliphatic heterocycles. The molecular weight excluding hydrogens is 445 g/mol. The highest BCUT2D eigenvalue weighted by Crippen LogP contribution is 2.44. The van der Waals surface area contributed by atoms with Crippen molar-refractivity contribution >= 4 is 18.0 Å². The Bertz CT molecular complexity index is 1060. The quantitative estimate of drug-likeness (QED) is 0.707. The van der Waals surface area contributed by atoms with E-state index in [0.717, 1.165) is 6.33 Å². The number of carbonyl (C=O) groups excluding carboxylic acids is 2. The molecule has 33 heavy (non-hydrogen) atoms. The van der Waals surface area contributed by atoms with E-state index in [1.165, 1.54) is 0 Å². The monoisotopic (exact) mass is 468 g/mol. The first-order chi connectivity index (χ1) is 15.4. The predicted molar refractivity (Wildman–Crippen MR) is 108 cm³/mol. The minimum Gasteiger partial charge on any atom is -0.444 e. The van der Waals surface area contributed by atoms with E-state index in [-0.39, 0.29) is 29.3 Å². The third-order valence-corrected chi connectivity index (χ3v) is 5.23. The lowest BCUT2D eigenvalue weighted by Crippen LogP contribution is -2.42. The molecule has 0 aromatic carbocycles. The largest absolute Gasteiger partial charge is 0.444 e. The molecule has 4 rings (SSSR count). The lowest BCUT2D eigenvalue weighted by Gasteiger charge is -2.33. The molecule has 2 aromatic heterocycles. The van der Waals surface area contributed by atoms with Crippen LogP contribution >= 0.6 is 0 Å². The van der Waals surface area contributed by atoms with Crippen LogP contribution in [-0.4, -0.2) is 61.7 Å². The summed E-state index contributed by atoms with van der Waals surface area (Å²) in [6.45, 7) is 6.33. The van der Waals surface area contributed by atoms with Gasteiger partial charge in [0.15, 0.2) is 0 Å². The van der Waals surface area contributed by atoms with E-state index in [0.29, 0.717) is 25.9 Å². The summed E-state index contributed by atoms with van der Waals surface area (Å²) in [4.78, 5) is 33.2. The average molecular weight is 468 g/mol. The lowest BCUT2D eigenvalue weighted by atomic mass is 10.0. The molecule has 1 saturated heterocycles. The molecule has 10 nitrogen and oxygen atoms in total. The van der Waals surface area contributed by atoms with Gasteiger partial charge in [-0.15, -0.1) is 0 Å². The van der Waals surface area contributed by atoms with Crippen molar-refractivity contribution in [1.29, 1.82) is 0 Å². The predicted octanol–water partition coefficient (Wildman–Crippen LogP) is 4.08. The Hall–Kier alpha value is -3.38. The second-order valence-corrected chi connectivity index (χ2v) is 8.82. The number of hydrogen-bond donors (Lipinski definition) is 1. The van der Waals surface area contributed by atoms with E-state index in [9.17, 15) is 22.8 Å². The molecule has 2 aliphatic rings. The minimum absolute atomic E-state index is 0.0514. The molecule has 178 valence electrons. The first-order valence-electron chi connectivity index (χ1n) is 10.3. The van der Waals surface area contributed by atoms with Crippen molar-refractivity contribution in [3.8, 4) is 11.4 Å². The number of likely N-dealkylation sites (tertiary alicyclic amines) is 1. The molecule has 0 saturated carbocycles. The standard InChI is InChI=1S/C20H23F3N6O4/c1-19(2,3)33-18(31)28-7-4-11(5-8-28)29-9-6-12(27-29)14-13-15(20(21,22)23)32-17(30)26-16(13)25-10-24-14/h6,9-11,15H,4-5,7-8H2,1-3H3,(H,24,25,26,30)/t15-/m1/s1. The maximum Gasteiger partial charge on any atom is 0.430 e. The first-order valence-corrected chi connectivity index (χ1v) is 10.3. The fourth-order valence-electron chi connectivity index (χ4n) is 3.78. The summed E-state index contributed by atoms with van der Waals surface area (Å²) in [6, 6.07) is 1.50. The molecule has 1 N–H and O–H groups in total. The van der Waals surface area contributed by atoms with Crippen molar-refractivity contribution in [2.24, 2.45) is 0 Å². The van der Waals surface area contributed by atoms with Gasteiger partial charge in [-0.05, 0) is 39.7 Å². The number of piperidine rings is 1. The zero-order valence-corrected chi connectivity index (χ0v) is 18.2. The maximum absolute atomic E-state index is 13.6. The second-order valence-electron chi connectivity index (χ2n) is 8.82. The number of halogens is 3. The van der Waals surface area contributed by atoms with Crippen LogP contribution in [0.5, 0.6) is 0 Å². The number of amides is 2. The number of nitrogens with zero attached hydrogens (tertiary/aromatic N) is 5. The SMILES string of the molecule is CC(C)(C)OC(=O)N1CCC(n2ccc(-c3ncnc4c3[C@H](C(F)(F)F)OC(=O)N4)n2)CC1. The molecule has 2 amide bonds. The Labute approximate surface area is 187 Å². The van der Waals surface area contributed by atoms with Crippen molar-refractivity contribution in [1.82, 2.24) is 24.6 Å². The van der Waals surface area contributed by atoms with E-state index in [1.807, 2.05) is 0 Å². The summed E-state index contributed by atoms with van der Waals surface area (Å²) in [5.74, 6) is -0.265. The van der Waals surface area contributed by atoms with Gasteiger partial charge in [0.2, 0.25) is 6.10 Å². The summed E-state index contributed by atoms with van der Waals surface area (Å²) >= 11 is 0. The van der Waals surface area contributed by atoms with Gasteiger partial charge in [-0.2, -0.15) is 18.3 Å². The topological polar surface area (TPSA) is 111 Å². The number of anilines is 1. The van der Waals surface area contributed by atoms with Crippen LogP contribution in [0.25, 0.3) is 11.4 Å². The second kappa shape index (κ2) is 8.19. The highest BCUT2D eigenvalue weighted by atomic mass is 19.4. The lowest BCUT2D eigenvalue weighted by molar-refractivity contribution is -0.206. The summed E-state index contributed by atoms with van der Waals surface area (Å²) in [6.07, 6.45) is -5.04. The van der Waals surface area contributed by atoms with Crippen molar-refractivity contribution < 1.29 is 32.2 Å². The van der Waals surface area contributed by atoms with Crippen LogP contribution in [-0.2, 0) is 9.47 Å². The molecule has 0 aliphatic carbocycles. The Kier molecular flexibility index (Phi) is 5.66. The fraction of sp³-hybridized carbons (Fsp3) is 0.550. The van der Waals surface area contributed by atoms with Gasteiger partial charge in [-0.1, -0.05) is 0 Å². The van der Waals surface area contributed by atoms with Crippen molar-refractivity contribution in [3.05, 3.63) is 24.2 Å². The molecule has 2 aromatic rings. The molecular formula is C20H23F3N6O4. The van der Waals surface area contributed by atoms with E-state index in [2.05, 4.69) is 25.1 Å². The van der Waals surface area contributed by atoms with Crippen LogP contribution in [0, 0.1) is 0 Å². The van der Waals surface area contributed by atoms with Gasteiger partial charge in [-0.3, -0.25) is 10.00 Å². The van der Waals surface area contributed by atoms with Crippen LogP contribution in [0.1, 0.15) is 51.3 Å². The highest BCUT2D eigenvalue weighted by molar-refractivity contribution is 5.88. The van der Waals surface area contributed by atoms with Crippen LogP contribution in [0.2, 0.25) is 0 Å². The van der Waals surface area contributed by atoms with Gasteiger partial charge >= 0.3 is 18.4 Å². The van der Waals surface area contributed by atoms with Gasteiger partial charge in [0.1, 0.15) is 29.1 Å². The fourth-order valence-corrected chi connectivity index (χ4v) is 3.78. The van der Waals surface area contributed by atoms with Gasteiger partial charge in [0.25, 0.3) is 0 Å². The van der Waals surface area contributed by atoms with Gasteiger partial charge in [-0.25, -0.2) is 19.6 Å². The summed E-state index contributed by atoms with van der Waals surface area (Å²) in [7, 11) is 0. The normalized spacial score (nSPS) is 19.5. The molecule has 4 heterocycles. The minimum atomic E-state index is -4.84. The molecule has 0 spiro atoms. The zero-order chi connectivity index (χ0) is 24.0. The van der Waals surface area contributed by atoms with E-state index < -0.39 is 29.5 Å². The van der Waals surface area contributed by atoms with Crippen molar-refractivity contribution in [2.45, 2.75) is 57.5 Å². The highest BCUT2D eigenvalue weighted by Gasteiger charge is 2.49. The number of carbonyl (C=O) groups is 2. The molecule has 1 atom stereocenters. The number of ether oxygens (including phenoxy) is 2. The van der Waals surface area contributed by atoms with Gasteiger partial charge in [0, 0.05) is 19.3 Å². The smallest absolute Gasteiger partial charge is 0.430 e. The number of alkyl halides is 3. The Morgan fingerprint density at radius 1 is 1.21 bits per heavy atom. The summed E-state index contributed by atoms with van der Waals surface area (Å²) in [5.41, 5.74) is -0.863. The van der Waals surface area contributed by atoms with E-state index >= 15 is 0 Å². The van der Waals surface area contributed by atoms with Crippen LogP contribution in [0.15, 0.2) is 18.6 Å². The molecule has 0 bridgehead atoms. The third kappa shape index (κ3) is 4.86. The van der Waals surface area contributed by atoms with Gasteiger partial charge < -0.3 is 14.4 Å². The number of fused-ring (bicyclic) bond motifs is 1. The number of hydrogen-bond acceptors (Lipinski definition) is 7. The molecule has 0 unspecified atom stereocenters. The number of aromatic nitrogens is 4. The van der Waals surface area contributed by atoms with E-state index in [4.69, 9.17) is 4.74 Å². The Morgan fingerprint density at radius 2 is 1.91 bits per heavy atom. The van der Waals surface area contributed by atoms with Crippen molar-refractivity contribution in [2.75, 3.05) is 18.4 Å². The molecule has 13 heteroatoms. The Balaban J connectivity index is 1.53. The number of cyclic esters (lactones) is 1. The van der Waals surface area contributed by atoms with Crippen LogP contribution in [0.3, 0.4) is 0 Å². The van der Waals surface area contributed by atoms with Gasteiger partial charge in [0.05, 0.1) is 11.6 Å².